The van der Waals surface area contributed by atoms with Gasteiger partial charge in [-0.05, 0) is 24.0 Å². The lowest BCUT2D eigenvalue weighted by Crippen LogP contribution is -2.42. The molecule has 2 heterocycles. The second-order valence-corrected chi connectivity index (χ2v) is 5.55. The Labute approximate surface area is 108 Å². The molecule has 18 heavy (non-hydrogen) atoms. The van der Waals surface area contributed by atoms with Gasteiger partial charge in [-0.25, -0.2) is 0 Å². The van der Waals surface area contributed by atoms with E-state index in [4.69, 9.17) is 4.74 Å². The highest BCUT2D eigenvalue weighted by Crippen LogP contribution is 2.31. The van der Waals surface area contributed by atoms with Gasteiger partial charge >= 0.3 is 0 Å². The van der Waals surface area contributed by atoms with E-state index in [9.17, 15) is 4.79 Å². The second kappa shape index (κ2) is 4.82. The number of ether oxygens (including phenoxy) is 1. The van der Waals surface area contributed by atoms with Gasteiger partial charge < -0.3 is 9.53 Å². The average molecular weight is 245 g/mol. The van der Waals surface area contributed by atoms with E-state index in [1.807, 2.05) is 0 Å². The normalized spacial score (nSPS) is 28.0. The summed E-state index contributed by atoms with van der Waals surface area (Å²) in [7, 11) is 0. The first-order valence-electron chi connectivity index (χ1n) is 6.65. The van der Waals surface area contributed by atoms with Crippen LogP contribution < -0.4 is 0 Å². The molecule has 1 fully saturated rings. The van der Waals surface area contributed by atoms with E-state index in [2.05, 4.69) is 29.2 Å². The molecule has 0 saturated carbocycles. The zero-order valence-electron chi connectivity index (χ0n) is 10.6. The highest BCUT2D eigenvalue weighted by Gasteiger charge is 2.36. The zero-order valence-corrected chi connectivity index (χ0v) is 10.6. The van der Waals surface area contributed by atoms with Crippen molar-refractivity contribution >= 4 is 6.29 Å². The molecule has 3 heteroatoms. The smallest absolute Gasteiger partial charge is 0.129 e. The Morgan fingerprint density at radius 1 is 1.28 bits per heavy atom. The number of rotatable bonds is 3. The summed E-state index contributed by atoms with van der Waals surface area (Å²) >= 11 is 0. The monoisotopic (exact) mass is 245 g/mol. The van der Waals surface area contributed by atoms with Crippen molar-refractivity contribution in [3.8, 4) is 0 Å². The molecule has 3 nitrogen and oxygen atoms in total. The molecule has 3 rings (SSSR count). The van der Waals surface area contributed by atoms with E-state index in [0.717, 1.165) is 45.4 Å². The number of nitrogens with zero attached hydrogens (tertiary/aromatic N) is 1. The van der Waals surface area contributed by atoms with Crippen molar-refractivity contribution in [2.75, 3.05) is 19.8 Å². The molecule has 1 aromatic carbocycles. The van der Waals surface area contributed by atoms with Gasteiger partial charge in [0, 0.05) is 26.2 Å². The minimum absolute atomic E-state index is 0.277. The molecule has 0 amide bonds. The molecule has 1 saturated heterocycles. The third-order valence-corrected chi connectivity index (χ3v) is 4.05. The lowest BCUT2D eigenvalue weighted by atomic mass is 9.83. The Hall–Kier alpha value is -1.19. The van der Waals surface area contributed by atoms with Gasteiger partial charge in [0.15, 0.2) is 0 Å². The SMILES string of the molecule is O=CC1(CN2Cc3ccccc3C2)CCCOC1. The zero-order chi connectivity index (χ0) is 12.4. The Kier molecular flexibility index (Phi) is 3.18. The van der Waals surface area contributed by atoms with Crippen LogP contribution in [0.15, 0.2) is 24.3 Å². The van der Waals surface area contributed by atoms with Crippen LogP contribution >= 0.6 is 0 Å². The van der Waals surface area contributed by atoms with Crippen LogP contribution in [0.2, 0.25) is 0 Å². The first-order chi connectivity index (χ1) is 8.81. The Morgan fingerprint density at radius 3 is 2.56 bits per heavy atom. The van der Waals surface area contributed by atoms with E-state index >= 15 is 0 Å². The van der Waals surface area contributed by atoms with Gasteiger partial charge in [-0.1, -0.05) is 24.3 Å². The lowest BCUT2D eigenvalue weighted by molar-refractivity contribution is -0.125. The van der Waals surface area contributed by atoms with Crippen molar-refractivity contribution in [2.24, 2.45) is 5.41 Å². The summed E-state index contributed by atoms with van der Waals surface area (Å²) in [5, 5.41) is 0. The molecule has 0 bridgehead atoms. The lowest BCUT2D eigenvalue weighted by Gasteiger charge is -2.35. The van der Waals surface area contributed by atoms with Gasteiger partial charge in [-0.3, -0.25) is 4.90 Å². The second-order valence-electron chi connectivity index (χ2n) is 5.55. The third-order valence-electron chi connectivity index (χ3n) is 4.05. The van der Waals surface area contributed by atoms with Crippen LogP contribution in [0.25, 0.3) is 0 Å². The Balaban J connectivity index is 1.69. The van der Waals surface area contributed by atoms with Crippen molar-refractivity contribution in [2.45, 2.75) is 25.9 Å². The highest BCUT2D eigenvalue weighted by molar-refractivity contribution is 5.60. The molecule has 1 atom stereocenters. The summed E-state index contributed by atoms with van der Waals surface area (Å²) < 4.78 is 5.51. The molecule has 1 aromatic rings. The molecule has 2 aliphatic heterocycles. The molecular weight excluding hydrogens is 226 g/mol. The van der Waals surface area contributed by atoms with E-state index in [0.29, 0.717) is 6.61 Å². The van der Waals surface area contributed by atoms with Gasteiger partial charge in [0.2, 0.25) is 0 Å². The van der Waals surface area contributed by atoms with Gasteiger partial charge in [0.1, 0.15) is 6.29 Å². The maximum atomic E-state index is 11.4. The van der Waals surface area contributed by atoms with Gasteiger partial charge in [-0.15, -0.1) is 0 Å². The van der Waals surface area contributed by atoms with Crippen LogP contribution in [0.5, 0.6) is 0 Å². The number of aldehydes is 1. The minimum atomic E-state index is -0.277. The Bertz CT molecular complexity index is 413. The van der Waals surface area contributed by atoms with Crippen LogP contribution in [0, 0.1) is 5.41 Å². The van der Waals surface area contributed by atoms with Gasteiger partial charge in [-0.2, -0.15) is 0 Å². The number of carbonyl (C=O) groups is 1. The molecule has 0 radical (unpaired) electrons. The van der Waals surface area contributed by atoms with Crippen molar-refractivity contribution in [1.82, 2.24) is 4.90 Å². The number of hydrogen-bond acceptors (Lipinski definition) is 3. The van der Waals surface area contributed by atoms with Crippen LogP contribution in [0.4, 0.5) is 0 Å². The first-order valence-corrected chi connectivity index (χ1v) is 6.65. The van der Waals surface area contributed by atoms with E-state index in [1.54, 1.807) is 0 Å². The largest absolute Gasteiger partial charge is 0.380 e. The minimum Gasteiger partial charge on any atom is -0.380 e. The molecule has 0 aliphatic carbocycles. The van der Waals surface area contributed by atoms with Crippen molar-refractivity contribution in [3.63, 3.8) is 0 Å². The van der Waals surface area contributed by atoms with Crippen LogP contribution in [0.3, 0.4) is 0 Å². The molecule has 0 N–H and O–H groups in total. The summed E-state index contributed by atoms with van der Waals surface area (Å²) in [6, 6.07) is 8.53. The molecule has 0 aromatic heterocycles. The fourth-order valence-corrected chi connectivity index (χ4v) is 3.09. The van der Waals surface area contributed by atoms with Crippen molar-refractivity contribution in [1.29, 1.82) is 0 Å². The topological polar surface area (TPSA) is 29.5 Å². The number of hydrogen-bond donors (Lipinski definition) is 0. The van der Waals surface area contributed by atoms with Crippen LogP contribution in [-0.4, -0.2) is 30.9 Å². The quantitative estimate of drug-likeness (QED) is 0.763. The molecule has 96 valence electrons. The van der Waals surface area contributed by atoms with E-state index < -0.39 is 0 Å². The van der Waals surface area contributed by atoms with Gasteiger partial charge in [0.05, 0.1) is 12.0 Å². The van der Waals surface area contributed by atoms with E-state index in [1.165, 1.54) is 11.1 Å². The molecule has 1 unspecified atom stereocenters. The first kappa shape index (κ1) is 11.9. The summed E-state index contributed by atoms with van der Waals surface area (Å²) in [6.45, 7) is 4.14. The predicted octanol–water partition coefficient (Wildman–Crippen LogP) is 2.00. The summed E-state index contributed by atoms with van der Waals surface area (Å²) in [5.41, 5.74) is 2.52. The predicted molar refractivity (Wildman–Crippen MR) is 69.1 cm³/mol. The molecule has 2 aliphatic rings. The summed E-state index contributed by atoms with van der Waals surface area (Å²) in [4.78, 5) is 13.8. The maximum Gasteiger partial charge on any atom is 0.129 e. The van der Waals surface area contributed by atoms with Gasteiger partial charge in [0.25, 0.3) is 0 Å². The summed E-state index contributed by atoms with van der Waals surface area (Å²) in [6.07, 6.45) is 3.08. The number of benzene rings is 1. The van der Waals surface area contributed by atoms with Crippen LogP contribution in [0.1, 0.15) is 24.0 Å². The number of carbonyl (C=O) groups excluding carboxylic acids is 1. The maximum absolute atomic E-state index is 11.4. The van der Waals surface area contributed by atoms with Crippen LogP contribution in [-0.2, 0) is 22.6 Å². The Morgan fingerprint density at radius 2 is 2.00 bits per heavy atom. The highest BCUT2D eigenvalue weighted by atomic mass is 16.5. The summed E-state index contributed by atoms with van der Waals surface area (Å²) in [5.74, 6) is 0. The van der Waals surface area contributed by atoms with Crippen molar-refractivity contribution in [3.05, 3.63) is 35.4 Å². The van der Waals surface area contributed by atoms with E-state index in [-0.39, 0.29) is 5.41 Å². The number of fused-ring (bicyclic) bond motifs is 1. The fourth-order valence-electron chi connectivity index (χ4n) is 3.09. The molecular formula is C15H19NO2. The third kappa shape index (κ3) is 2.20. The standard InChI is InChI=1S/C15H19NO2/c17-11-15(6-3-7-18-12-15)10-16-8-13-4-1-2-5-14(13)9-16/h1-2,4-5,11H,3,6-10,12H2. The average Bonchev–Trinajstić information content (AvgIpc) is 2.81. The van der Waals surface area contributed by atoms with Crippen molar-refractivity contribution < 1.29 is 9.53 Å². The fraction of sp³-hybridized carbons (Fsp3) is 0.533. The molecule has 0 spiro atoms.